The number of hydrogen-bond acceptors (Lipinski definition) is 3. The normalized spacial score (nSPS) is 18.6. The minimum atomic E-state index is -0.966. The topological polar surface area (TPSA) is 87.5 Å². The van der Waals surface area contributed by atoms with E-state index in [1.165, 1.54) is 17.1 Å². The van der Waals surface area contributed by atoms with Gasteiger partial charge in [0.1, 0.15) is 6.54 Å². The van der Waals surface area contributed by atoms with Crippen molar-refractivity contribution in [2.45, 2.75) is 26.3 Å². The zero-order valence-electron chi connectivity index (χ0n) is 10.9. The molecule has 2 amide bonds. The van der Waals surface area contributed by atoms with Gasteiger partial charge in [-0.2, -0.15) is 5.10 Å². The Morgan fingerprint density at radius 3 is 3.00 bits per heavy atom. The Bertz CT molecular complexity index is 471. The molecule has 1 unspecified atom stereocenters. The number of hydrogen-bond donors (Lipinski definition) is 2. The maximum Gasteiger partial charge on any atom is 0.325 e. The molecule has 1 aliphatic rings. The summed E-state index contributed by atoms with van der Waals surface area (Å²) in [5.41, 5.74) is 0.520. The van der Waals surface area contributed by atoms with Crippen molar-refractivity contribution in [1.82, 2.24) is 14.7 Å². The smallest absolute Gasteiger partial charge is 0.325 e. The van der Waals surface area contributed by atoms with Crippen LogP contribution in [0.2, 0.25) is 0 Å². The number of amides is 2. The number of aliphatic carboxylic acids is 1. The third kappa shape index (κ3) is 3.46. The van der Waals surface area contributed by atoms with Crippen molar-refractivity contribution in [2.75, 3.05) is 18.4 Å². The first-order valence-electron chi connectivity index (χ1n) is 6.38. The van der Waals surface area contributed by atoms with Crippen molar-refractivity contribution in [1.29, 1.82) is 0 Å². The van der Waals surface area contributed by atoms with E-state index in [-0.39, 0.29) is 12.6 Å². The lowest BCUT2D eigenvalue weighted by molar-refractivity contribution is -0.137. The summed E-state index contributed by atoms with van der Waals surface area (Å²) in [6, 6.07) is -0.147. The van der Waals surface area contributed by atoms with Gasteiger partial charge in [0.15, 0.2) is 0 Å². The first-order valence-corrected chi connectivity index (χ1v) is 6.38. The molecule has 0 saturated carbocycles. The highest BCUT2D eigenvalue weighted by Gasteiger charge is 2.25. The fourth-order valence-corrected chi connectivity index (χ4v) is 2.21. The molecule has 1 saturated heterocycles. The van der Waals surface area contributed by atoms with Gasteiger partial charge in [-0.1, -0.05) is 13.3 Å². The number of carboxylic acids is 1. The third-order valence-electron chi connectivity index (χ3n) is 3.33. The molecule has 0 spiro atoms. The second-order valence-electron chi connectivity index (χ2n) is 4.76. The molecule has 0 bridgehead atoms. The maximum absolute atomic E-state index is 12.0. The van der Waals surface area contributed by atoms with Crippen molar-refractivity contribution in [3.8, 4) is 0 Å². The minimum Gasteiger partial charge on any atom is -0.480 e. The molecular weight excluding hydrogens is 248 g/mol. The minimum absolute atomic E-state index is 0.147. The summed E-state index contributed by atoms with van der Waals surface area (Å²) in [7, 11) is 0. The number of rotatable bonds is 4. The lowest BCUT2D eigenvalue weighted by Crippen LogP contribution is -2.32. The molecule has 1 aromatic rings. The van der Waals surface area contributed by atoms with Crippen LogP contribution >= 0.6 is 0 Å². The molecule has 1 aromatic heterocycles. The first-order chi connectivity index (χ1) is 9.08. The predicted octanol–water partition coefficient (Wildman–Crippen LogP) is 1.23. The largest absolute Gasteiger partial charge is 0.480 e. The predicted molar refractivity (Wildman–Crippen MR) is 68.9 cm³/mol. The molecule has 0 radical (unpaired) electrons. The number of urea groups is 1. The number of carboxylic acid groups (broad SMARTS) is 1. The fourth-order valence-electron chi connectivity index (χ4n) is 2.21. The van der Waals surface area contributed by atoms with Crippen LogP contribution in [0.1, 0.15) is 19.8 Å². The van der Waals surface area contributed by atoms with E-state index in [0.717, 1.165) is 25.9 Å². The standard InChI is InChI=1S/C12H18N4O3/c1-2-9-3-4-15(6-9)12(19)14-10-5-13-16(7-10)8-11(17)18/h5,7,9H,2-4,6,8H2,1H3,(H,14,19)(H,17,18). The molecule has 7 nitrogen and oxygen atoms in total. The number of carbonyl (C=O) groups excluding carboxylic acids is 1. The molecule has 7 heteroatoms. The van der Waals surface area contributed by atoms with Gasteiger partial charge in [0, 0.05) is 19.3 Å². The highest BCUT2D eigenvalue weighted by atomic mass is 16.4. The van der Waals surface area contributed by atoms with Crippen molar-refractivity contribution in [3.63, 3.8) is 0 Å². The fraction of sp³-hybridized carbons (Fsp3) is 0.583. The van der Waals surface area contributed by atoms with Gasteiger partial charge in [0.05, 0.1) is 11.9 Å². The molecule has 104 valence electrons. The number of anilines is 1. The average molecular weight is 266 g/mol. The molecule has 1 aliphatic heterocycles. The van der Waals surface area contributed by atoms with Gasteiger partial charge in [0.2, 0.25) is 0 Å². The van der Waals surface area contributed by atoms with Crippen molar-refractivity contribution in [2.24, 2.45) is 5.92 Å². The van der Waals surface area contributed by atoms with E-state index in [9.17, 15) is 9.59 Å². The summed E-state index contributed by atoms with van der Waals surface area (Å²) in [6.45, 7) is 3.47. The maximum atomic E-state index is 12.0. The zero-order chi connectivity index (χ0) is 13.8. The van der Waals surface area contributed by atoms with Gasteiger partial charge in [-0.25, -0.2) is 4.79 Å². The average Bonchev–Trinajstić information content (AvgIpc) is 2.97. The monoisotopic (exact) mass is 266 g/mol. The Morgan fingerprint density at radius 2 is 2.37 bits per heavy atom. The van der Waals surface area contributed by atoms with Gasteiger partial charge in [0.25, 0.3) is 0 Å². The molecule has 2 rings (SSSR count). The summed E-state index contributed by atoms with van der Waals surface area (Å²) in [5.74, 6) is -0.383. The van der Waals surface area contributed by atoms with Crippen LogP contribution in [-0.2, 0) is 11.3 Å². The molecule has 2 heterocycles. The number of likely N-dealkylation sites (tertiary alicyclic amines) is 1. The van der Waals surface area contributed by atoms with E-state index in [1.54, 1.807) is 4.90 Å². The van der Waals surface area contributed by atoms with Crippen LogP contribution in [0, 0.1) is 5.92 Å². The number of nitrogens with one attached hydrogen (secondary N) is 1. The van der Waals surface area contributed by atoms with E-state index in [1.807, 2.05) is 0 Å². The Balaban J connectivity index is 1.88. The quantitative estimate of drug-likeness (QED) is 0.858. The first kappa shape index (κ1) is 13.4. The van der Waals surface area contributed by atoms with Crippen LogP contribution < -0.4 is 5.32 Å². The lowest BCUT2D eigenvalue weighted by atomic mass is 10.1. The summed E-state index contributed by atoms with van der Waals surface area (Å²) in [5, 5.41) is 15.2. The molecular formula is C12H18N4O3. The van der Waals surface area contributed by atoms with Gasteiger partial charge >= 0.3 is 12.0 Å². The van der Waals surface area contributed by atoms with Gasteiger partial charge < -0.3 is 15.3 Å². The number of nitrogens with zero attached hydrogens (tertiary/aromatic N) is 3. The van der Waals surface area contributed by atoms with Crippen LogP contribution in [0.4, 0.5) is 10.5 Å². The van der Waals surface area contributed by atoms with Gasteiger partial charge in [-0.15, -0.1) is 0 Å². The number of aromatic nitrogens is 2. The molecule has 19 heavy (non-hydrogen) atoms. The molecule has 1 atom stereocenters. The van der Waals surface area contributed by atoms with Crippen LogP contribution in [-0.4, -0.2) is 44.9 Å². The highest BCUT2D eigenvalue weighted by Crippen LogP contribution is 2.19. The summed E-state index contributed by atoms with van der Waals surface area (Å²) in [6.07, 6.45) is 5.09. The van der Waals surface area contributed by atoms with Crippen molar-refractivity contribution in [3.05, 3.63) is 12.4 Å². The van der Waals surface area contributed by atoms with E-state index in [2.05, 4.69) is 17.3 Å². The van der Waals surface area contributed by atoms with Crippen molar-refractivity contribution < 1.29 is 14.7 Å². The molecule has 2 N–H and O–H groups in total. The third-order valence-corrected chi connectivity index (χ3v) is 3.33. The Morgan fingerprint density at radius 1 is 1.58 bits per heavy atom. The van der Waals surface area contributed by atoms with Crippen LogP contribution in [0.5, 0.6) is 0 Å². The molecule has 1 fully saturated rings. The van der Waals surface area contributed by atoms with Gasteiger partial charge in [-0.05, 0) is 12.3 Å². The van der Waals surface area contributed by atoms with E-state index < -0.39 is 5.97 Å². The van der Waals surface area contributed by atoms with E-state index >= 15 is 0 Å². The van der Waals surface area contributed by atoms with Crippen molar-refractivity contribution >= 4 is 17.7 Å². The Kier molecular flexibility index (Phi) is 4.03. The van der Waals surface area contributed by atoms with Crippen LogP contribution in [0.15, 0.2) is 12.4 Å². The Labute approximate surface area is 111 Å². The van der Waals surface area contributed by atoms with E-state index in [4.69, 9.17) is 5.11 Å². The molecule has 0 aromatic carbocycles. The SMILES string of the molecule is CCC1CCN(C(=O)Nc2cnn(CC(=O)O)c2)C1. The van der Waals surface area contributed by atoms with Gasteiger partial charge in [-0.3, -0.25) is 9.48 Å². The summed E-state index contributed by atoms with van der Waals surface area (Å²) >= 11 is 0. The van der Waals surface area contributed by atoms with Crippen LogP contribution in [0.25, 0.3) is 0 Å². The molecule has 0 aliphatic carbocycles. The second-order valence-corrected chi connectivity index (χ2v) is 4.76. The van der Waals surface area contributed by atoms with E-state index in [0.29, 0.717) is 11.6 Å². The highest BCUT2D eigenvalue weighted by molar-refractivity contribution is 5.89. The lowest BCUT2D eigenvalue weighted by Gasteiger charge is -2.16. The summed E-state index contributed by atoms with van der Waals surface area (Å²) < 4.78 is 1.27. The summed E-state index contributed by atoms with van der Waals surface area (Å²) in [4.78, 5) is 24.3. The Hall–Kier alpha value is -2.05. The van der Waals surface area contributed by atoms with Crippen LogP contribution in [0.3, 0.4) is 0 Å². The number of carbonyl (C=O) groups is 2. The zero-order valence-corrected chi connectivity index (χ0v) is 10.9. The second kappa shape index (κ2) is 5.73.